The highest BCUT2D eigenvalue weighted by atomic mass is 32.2. The average molecular weight is 428 g/mol. The van der Waals surface area contributed by atoms with Gasteiger partial charge in [-0.15, -0.1) is 10.2 Å². The monoisotopic (exact) mass is 428 g/mol. The summed E-state index contributed by atoms with van der Waals surface area (Å²) >= 11 is 1.42. The summed E-state index contributed by atoms with van der Waals surface area (Å²) in [6.07, 6.45) is 0. The normalized spacial score (nSPS) is 11.2. The summed E-state index contributed by atoms with van der Waals surface area (Å²) in [5.41, 5.74) is 4.81. The second-order valence-electron chi connectivity index (χ2n) is 6.57. The number of benzene rings is 2. The van der Waals surface area contributed by atoms with Crippen LogP contribution < -0.4 is 4.74 Å². The molecule has 30 heavy (non-hydrogen) atoms. The zero-order valence-corrected chi connectivity index (χ0v) is 17.1. The van der Waals surface area contributed by atoms with E-state index in [1.807, 2.05) is 48.9 Å². The molecule has 0 aliphatic rings. The summed E-state index contributed by atoms with van der Waals surface area (Å²) in [7, 11) is 0. The van der Waals surface area contributed by atoms with Crippen molar-refractivity contribution in [3.8, 4) is 22.9 Å². The predicted molar refractivity (Wildman–Crippen MR) is 109 cm³/mol. The van der Waals surface area contributed by atoms with E-state index in [1.165, 1.54) is 23.9 Å². The number of halogens is 2. The fourth-order valence-electron chi connectivity index (χ4n) is 2.93. The number of aromatic nitrogens is 4. The van der Waals surface area contributed by atoms with Crippen LogP contribution in [0.5, 0.6) is 5.75 Å². The first-order valence-electron chi connectivity index (χ1n) is 9.12. The highest BCUT2D eigenvalue weighted by molar-refractivity contribution is 7.98. The van der Waals surface area contributed by atoms with Gasteiger partial charge in [0.25, 0.3) is 5.22 Å². The number of alkyl halides is 2. The zero-order chi connectivity index (χ0) is 21.1. The van der Waals surface area contributed by atoms with Crippen molar-refractivity contribution in [3.05, 3.63) is 71.5 Å². The Labute approximate surface area is 175 Å². The number of nitrogens with zero attached hydrogens (tertiary/aromatic N) is 4. The maximum atomic E-state index is 12.2. The summed E-state index contributed by atoms with van der Waals surface area (Å²) in [5.74, 6) is 1.06. The summed E-state index contributed by atoms with van der Waals surface area (Å²) in [5, 5.41) is 13.0. The Morgan fingerprint density at radius 1 is 1.03 bits per heavy atom. The molecule has 154 valence electrons. The number of aryl methyl sites for hydroxylation is 2. The lowest BCUT2D eigenvalue weighted by atomic mass is 10.2. The second kappa shape index (κ2) is 8.66. The van der Waals surface area contributed by atoms with Gasteiger partial charge >= 0.3 is 6.61 Å². The first-order valence-corrected chi connectivity index (χ1v) is 10.1. The fraction of sp³-hybridized carbons (Fsp3) is 0.190. The maximum absolute atomic E-state index is 12.2. The molecule has 0 aliphatic heterocycles. The molecule has 2 aromatic heterocycles. The van der Waals surface area contributed by atoms with Crippen molar-refractivity contribution < 1.29 is 17.9 Å². The predicted octanol–water partition coefficient (Wildman–Crippen LogP) is 5.43. The molecule has 4 aromatic rings. The van der Waals surface area contributed by atoms with Crippen LogP contribution in [0.3, 0.4) is 0 Å². The molecule has 0 saturated carbocycles. The number of ether oxygens (including phenoxy) is 1. The average Bonchev–Trinajstić information content (AvgIpc) is 3.33. The molecule has 2 heterocycles. The first-order chi connectivity index (χ1) is 14.5. The Hall–Kier alpha value is -3.20. The number of hydrogen-bond acceptors (Lipinski definition) is 6. The van der Waals surface area contributed by atoms with Crippen molar-refractivity contribution in [1.29, 1.82) is 0 Å². The van der Waals surface area contributed by atoms with Gasteiger partial charge in [-0.1, -0.05) is 23.9 Å². The molecule has 4 rings (SSSR count). The van der Waals surface area contributed by atoms with E-state index in [4.69, 9.17) is 4.42 Å². The zero-order valence-electron chi connectivity index (χ0n) is 16.3. The van der Waals surface area contributed by atoms with E-state index in [1.54, 1.807) is 12.1 Å². The molecule has 0 bridgehead atoms. The van der Waals surface area contributed by atoms with Crippen molar-refractivity contribution in [2.75, 3.05) is 0 Å². The van der Waals surface area contributed by atoms with Crippen LogP contribution >= 0.6 is 11.8 Å². The number of thioether (sulfide) groups is 1. The van der Waals surface area contributed by atoms with Crippen molar-refractivity contribution >= 4 is 11.8 Å². The molecule has 0 N–H and O–H groups in total. The summed E-state index contributed by atoms with van der Waals surface area (Å²) < 4.78 is 36.4. The molecule has 2 aromatic carbocycles. The van der Waals surface area contributed by atoms with Crippen LogP contribution in [0.25, 0.3) is 17.1 Å². The third kappa shape index (κ3) is 4.68. The van der Waals surface area contributed by atoms with E-state index in [0.717, 1.165) is 22.6 Å². The Balaban J connectivity index is 1.38. The third-order valence-corrected chi connectivity index (χ3v) is 5.18. The lowest BCUT2D eigenvalue weighted by Crippen LogP contribution is -2.01. The molecule has 6 nitrogen and oxygen atoms in total. The summed E-state index contributed by atoms with van der Waals surface area (Å²) in [6.45, 7) is 1.14. The van der Waals surface area contributed by atoms with Gasteiger partial charge in [0.2, 0.25) is 5.89 Å². The Kier molecular flexibility index (Phi) is 5.80. The van der Waals surface area contributed by atoms with E-state index in [0.29, 0.717) is 22.4 Å². The highest BCUT2D eigenvalue weighted by Crippen LogP contribution is 2.27. The molecular formula is C21H18F2N4O2S. The molecule has 0 aliphatic carbocycles. The third-order valence-electron chi connectivity index (χ3n) is 4.29. The number of rotatable bonds is 7. The van der Waals surface area contributed by atoms with Crippen molar-refractivity contribution in [2.45, 2.75) is 31.4 Å². The highest BCUT2D eigenvalue weighted by Gasteiger charge is 2.11. The van der Waals surface area contributed by atoms with Gasteiger partial charge in [-0.25, -0.2) is 4.68 Å². The van der Waals surface area contributed by atoms with E-state index in [2.05, 4.69) is 20.0 Å². The number of hydrogen-bond donors (Lipinski definition) is 0. The summed E-state index contributed by atoms with van der Waals surface area (Å²) in [6, 6.07) is 16.2. The van der Waals surface area contributed by atoms with Gasteiger partial charge in [-0.05, 0) is 61.9 Å². The molecule has 0 amide bonds. The molecule has 0 radical (unpaired) electrons. The lowest BCUT2D eigenvalue weighted by Gasteiger charge is -2.05. The van der Waals surface area contributed by atoms with E-state index >= 15 is 0 Å². The van der Waals surface area contributed by atoms with Crippen LogP contribution in [0.1, 0.15) is 17.0 Å². The van der Waals surface area contributed by atoms with Gasteiger partial charge in [-0.2, -0.15) is 13.9 Å². The largest absolute Gasteiger partial charge is 0.435 e. The SMILES string of the molecule is Cc1cc(C)n(-c2ccc(CSc3nnc(-c4ccc(OC(F)F)cc4)o3)cc2)n1. The topological polar surface area (TPSA) is 66.0 Å². The van der Waals surface area contributed by atoms with Crippen LogP contribution in [0.4, 0.5) is 8.78 Å². The van der Waals surface area contributed by atoms with Gasteiger partial charge in [0.05, 0.1) is 11.4 Å². The quantitative estimate of drug-likeness (QED) is 0.366. The van der Waals surface area contributed by atoms with Crippen molar-refractivity contribution in [1.82, 2.24) is 20.0 Å². The minimum absolute atomic E-state index is 0.0757. The molecule has 0 atom stereocenters. The molecule has 0 spiro atoms. The van der Waals surface area contributed by atoms with Crippen LogP contribution in [-0.2, 0) is 5.75 Å². The van der Waals surface area contributed by atoms with Crippen LogP contribution in [0.2, 0.25) is 0 Å². The molecule has 0 saturated heterocycles. The van der Waals surface area contributed by atoms with Crippen LogP contribution in [0.15, 0.2) is 64.2 Å². The second-order valence-corrected chi connectivity index (χ2v) is 7.50. The Morgan fingerprint density at radius 3 is 2.40 bits per heavy atom. The van der Waals surface area contributed by atoms with Gasteiger partial charge in [0.15, 0.2) is 0 Å². The van der Waals surface area contributed by atoms with E-state index in [-0.39, 0.29) is 5.75 Å². The van der Waals surface area contributed by atoms with Gasteiger partial charge < -0.3 is 9.15 Å². The van der Waals surface area contributed by atoms with Crippen LogP contribution in [0, 0.1) is 13.8 Å². The van der Waals surface area contributed by atoms with Crippen LogP contribution in [-0.4, -0.2) is 26.6 Å². The maximum Gasteiger partial charge on any atom is 0.387 e. The van der Waals surface area contributed by atoms with Crippen molar-refractivity contribution in [2.24, 2.45) is 0 Å². The van der Waals surface area contributed by atoms with Gasteiger partial charge in [0, 0.05) is 17.0 Å². The standard InChI is InChI=1S/C21H18F2N4O2S/c1-13-11-14(2)27(26-13)17-7-3-15(4-8-17)12-30-21-25-24-19(29-21)16-5-9-18(10-6-16)28-20(22)23/h3-11,20H,12H2,1-2H3. The van der Waals surface area contributed by atoms with Crippen molar-refractivity contribution in [3.63, 3.8) is 0 Å². The minimum atomic E-state index is -2.86. The molecule has 0 unspecified atom stereocenters. The fourth-order valence-corrected chi connectivity index (χ4v) is 3.65. The molecule has 0 fully saturated rings. The van der Waals surface area contributed by atoms with E-state index < -0.39 is 6.61 Å². The Bertz CT molecular complexity index is 1120. The Morgan fingerprint density at radius 2 is 1.77 bits per heavy atom. The minimum Gasteiger partial charge on any atom is -0.435 e. The molecule has 9 heteroatoms. The first kappa shape index (κ1) is 20.1. The van der Waals surface area contributed by atoms with Gasteiger partial charge in [0.1, 0.15) is 5.75 Å². The molecular weight excluding hydrogens is 410 g/mol. The van der Waals surface area contributed by atoms with Gasteiger partial charge in [-0.3, -0.25) is 0 Å². The van der Waals surface area contributed by atoms with E-state index in [9.17, 15) is 8.78 Å². The smallest absolute Gasteiger partial charge is 0.387 e. The summed E-state index contributed by atoms with van der Waals surface area (Å²) in [4.78, 5) is 0. The lowest BCUT2D eigenvalue weighted by molar-refractivity contribution is -0.0498.